The van der Waals surface area contributed by atoms with Crippen LogP contribution in [0.3, 0.4) is 0 Å². The number of anilines is 3. The molecular weight excluding hydrogens is 893 g/mol. The zero-order valence-corrected chi connectivity index (χ0v) is 39.8. The normalized spacial score (nSPS) is 14.4. The molecule has 4 heteroatoms. The summed E-state index contributed by atoms with van der Waals surface area (Å²) >= 11 is 1.88. The van der Waals surface area contributed by atoms with Crippen LogP contribution in [0, 0.1) is 0 Å². The molecule has 0 saturated carbocycles. The Balaban J connectivity index is 1.00. The average molecular weight is 935 g/mol. The molecule has 2 aliphatic heterocycles. The SMILES string of the molecule is c1ccc(-n2c3ccccc3c3ccc(N(c4ccc5c(c4)C4(c6ccccc6Oc6ccccc64)c4ccccc4-5)c4ccc5c(c4)C4(c6ccccc6Sc6ccccc64)c4ccccc4-5)cc32)cc1. The quantitative estimate of drug-likeness (QED) is 0.175. The molecule has 0 bridgehead atoms. The Morgan fingerprint density at radius 1 is 0.319 bits per heavy atom. The van der Waals surface area contributed by atoms with Gasteiger partial charge in [0.15, 0.2) is 0 Å². The molecule has 0 saturated heterocycles. The molecule has 0 unspecified atom stereocenters. The molecule has 0 radical (unpaired) electrons. The van der Waals surface area contributed by atoms with Gasteiger partial charge in [-0.3, -0.25) is 0 Å². The van der Waals surface area contributed by atoms with Crippen molar-refractivity contribution in [2.75, 3.05) is 4.90 Å². The number of benzene rings is 11. The molecule has 12 aromatic rings. The van der Waals surface area contributed by atoms with E-state index < -0.39 is 10.8 Å². The van der Waals surface area contributed by atoms with Crippen molar-refractivity contribution >= 4 is 50.6 Å². The second-order valence-electron chi connectivity index (χ2n) is 19.5. The highest BCUT2D eigenvalue weighted by molar-refractivity contribution is 7.99. The Morgan fingerprint density at radius 2 is 0.750 bits per heavy atom. The highest BCUT2D eigenvalue weighted by Crippen LogP contribution is 2.65. The van der Waals surface area contributed by atoms with E-state index in [9.17, 15) is 0 Å². The number of rotatable bonds is 4. The molecule has 1 aromatic heterocycles. The molecule has 3 heterocycles. The standard InChI is InChI=1S/C68H42N2OS/c1-2-18-43(19-3-1)70-61-29-13-6-22-51(61)52-39-36-46(42-62(52)70)69(44-34-37-49-47-20-4-7-23-53(47)67(59(49)40-44)55-25-9-14-30-63(55)71-64-31-15-10-26-56(64)67)45-35-38-50-48-21-5-8-24-54(48)68(60(50)41-45)57-27-11-16-32-65(57)72-66-33-17-12-28-58(66)68/h1-42H. The van der Waals surface area contributed by atoms with E-state index in [-0.39, 0.29) is 0 Å². The van der Waals surface area contributed by atoms with Crippen LogP contribution in [0.1, 0.15) is 44.5 Å². The van der Waals surface area contributed by atoms with Crippen molar-refractivity contribution in [1.29, 1.82) is 0 Å². The zero-order chi connectivity index (χ0) is 47.1. The van der Waals surface area contributed by atoms with Gasteiger partial charge in [-0.15, -0.1) is 0 Å². The summed E-state index contributed by atoms with van der Waals surface area (Å²) in [6.07, 6.45) is 0. The van der Waals surface area contributed by atoms with Crippen LogP contribution in [-0.2, 0) is 10.8 Å². The van der Waals surface area contributed by atoms with Gasteiger partial charge in [0.1, 0.15) is 11.5 Å². The van der Waals surface area contributed by atoms with Gasteiger partial charge in [0.25, 0.3) is 0 Å². The van der Waals surface area contributed by atoms with Crippen molar-refractivity contribution < 1.29 is 4.74 Å². The molecule has 72 heavy (non-hydrogen) atoms. The van der Waals surface area contributed by atoms with E-state index >= 15 is 0 Å². The van der Waals surface area contributed by atoms with Crippen molar-refractivity contribution in [2.24, 2.45) is 0 Å². The fourth-order valence-electron chi connectivity index (χ4n) is 13.4. The lowest BCUT2D eigenvalue weighted by Gasteiger charge is -2.40. The average Bonchev–Trinajstić information content (AvgIpc) is 4.04. The monoisotopic (exact) mass is 934 g/mol. The van der Waals surface area contributed by atoms with E-state index in [2.05, 4.69) is 264 Å². The predicted octanol–water partition coefficient (Wildman–Crippen LogP) is 17.5. The maximum absolute atomic E-state index is 6.78. The lowest BCUT2D eigenvalue weighted by molar-refractivity contribution is 0.436. The first-order valence-corrected chi connectivity index (χ1v) is 25.6. The molecule has 0 amide bonds. The van der Waals surface area contributed by atoms with Gasteiger partial charge in [-0.2, -0.15) is 0 Å². The minimum atomic E-state index is -0.625. The van der Waals surface area contributed by atoms with Gasteiger partial charge >= 0.3 is 0 Å². The van der Waals surface area contributed by atoms with Gasteiger partial charge in [-0.1, -0.05) is 188 Å². The van der Waals surface area contributed by atoms with Crippen LogP contribution in [0.5, 0.6) is 11.5 Å². The summed E-state index contributed by atoms with van der Waals surface area (Å²) in [5, 5.41) is 2.45. The summed E-state index contributed by atoms with van der Waals surface area (Å²) in [6, 6.07) is 94.8. The largest absolute Gasteiger partial charge is 0.457 e. The number of ether oxygens (including phenoxy) is 1. The predicted molar refractivity (Wildman–Crippen MR) is 294 cm³/mol. The van der Waals surface area contributed by atoms with E-state index in [1.165, 1.54) is 81.7 Å². The molecule has 0 fully saturated rings. The Kier molecular flexibility index (Phi) is 8.24. The van der Waals surface area contributed by atoms with Crippen LogP contribution >= 0.6 is 11.8 Å². The summed E-state index contributed by atoms with van der Waals surface area (Å²) in [6.45, 7) is 0. The summed E-state index contributed by atoms with van der Waals surface area (Å²) in [7, 11) is 0. The summed E-state index contributed by atoms with van der Waals surface area (Å²) in [5.74, 6) is 1.77. The molecule has 16 rings (SSSR count). The lowest BCUT2D eigenvalue weighted by Crippen LogP contribution is -2.32. The first-order valence-electron chi connectivity index (χ1n) is 24.8. The number of aromatic nitrogens is 1. The minimum Gasteiger partial charge on any atom is -0.457 e. The molecule has 0 atom stereocenters. The van der Waals surface area contributed by atoms with Crippen molar-refractivity contribution in [3.8, 4) is 39.4 Å². The fraction of sp³-hybridized carbons (Fsp3) is 0.0294. The maximum Gasteiger partial charge on any atom is 0.132 e. The van der Waals surface area contributed by atoms with E-state index in [4.69, 9.17) is 4.74 Å². The second-order valence-corrected chi connectivity index (χ2v) is 20.5. The van der Waals surface area contributed by atoms with E-state index in [1.54, 1.807) is 0 Å². The van der Waals surface area contributed by atoms with Crippen LogP contribution in [0.2, 0.25) is 0 Å². The molecule has 11 aromatic carbocycles. The van der Waals surface area contributed by atoms with Crippen molar-refractivity contribution in [1.82, 2.24) is 4.57 Å². The van der Waals surface area contributed by atoms with Crippen LogP contribution < -0.4 is 9.64 Å². The highest BCUT2D eigenvalue weighted by Gasteiger charge is 2.52. The van der Waals surface area contributed by atoms with Gasteiger partial charge in [-0.25, -0.2) is 0 Å². The molecule has 4 aliphatic rings. The first-order chi connectivity index (χ1) is 35.7. The number of para-hydroxylation sites is 4. The number of hydrogen-bond donors (Lipinski definition) is 0. The van der Waals surface area contributed by atoms with Gasteiger partial charge in [-0.05, 0) is 134 Å². The topological polar surface area (TPSA) is 17.4 Å². The Morgan fingerprint density at radius 3 is 1.36 bits per heavy atom. The number of nitrogens with zero attached hydrogens (tertiary/aromatic N) is 2. The van der Waals surface area contributed by atoms with Gasteiger partial charge < -0.3 is 14.2 Å². The van der Waals surface area contributed by atoms with Crippen LogP contribution in [0.25, 0.3) is 49.7 Å². The first kappa shape index (κ1) is 40.0. The van der Waals surface area contributed by atoms with Crippen molar-refractivity contribution in [3.63, 3.8) is 0 Å². The van der Waals surface area contributed by atoms with Crippen molar-refractivity contribution in [2.45, 2.75) is 20.6 Å². The minimum absolute atomic E-state index is 0.533. The third kappa shape index (κ3) is 5.16. The Bertz CT molecular complexity index is 3980. The van der Waals surface area contributed by atoms with Crippen LogP contribution in [0.4, 0.5) is 17.1 Å². The van der Waals surface area contributed by atoms with Crippen LogP contribution in [-0.4, -0.2) is 4.57 Å². The summed E-state index contributed by atoms with van der Waals surface area (Å²) in [4.78, 5) is 5.11. The summed E-state index contributed by atoms with van der Waals surface area (Å²) in [5.41, 5.74) is 20.7. The van der Waals surface area contributed by atoms with E-state index in [0.717, 1.165) is 50.9 Å². The maximum atomic E-state index is 6.78. The van der Waals surface area contributed by atoms with Gasteiger partial charge in [0.05, 0.1) is 21.9 Å². The number of fused-ring (bicyclic) bond motifs is 21. The molecule has 0 N–H and O–H groups in total. The van der Waals surface area contributed by atoms with Crippen molar-refractivity contribution in [3.05, 3.63) is 299 Å². The Hall–Kier alpha value is -8.83. The molecule has 2 aliphatic carbocycles. The van der Waals surface area contributed by atoms with Gasteiger partial charge in [0, 0.05) is 54.4 Å². The molecule has 2 spiro atoms. The molecule has 3 nitrogen and oxygen atoms in total. The zero-order valence-electron chi connectivity index (χ0n) is 39.0. The number of hydrogen-bond acceptors (Lipinski definition) is 3. The summed E-state index contributed by atoms with van der Waals surface area (Å²) < 4.78 is 9.21. The Labute approximate surface area is 421 Å². The third-order valence-electron chi connectivity index (χ3n) is 16.1. The molecular formula is C68H42N2OS. The third-order valence-corrected chi connectivity index (χ3v) is 17.3. The fourth-order valence-corrected chi connectivity index (χ4v) is 14.6. The lowest BCUT2D eigenvalue weighted by atomic mass is 9.66. The molecule has 336 valence electrons. The highest BCUT2D eigenvalue weighted by atomic mass is 32.2. The second kappa shape index (κ2) is 14.8. The van der Waals surface area contributed by atoms with Crippen LogP contribution in [0.15, 0.2) is 265 Å². The van der Waals surface area contributed by atoms with E-state index in [1.807, 2.05) is 11.8 Å². The van der Waals surface area contributed by atoms with E-state index in [0.29, 0.717) is 0 Å². The smallest absolute Gasteiger partial charge is 0.132 e. The van der Waals surface area contributed by atoms with Gasteiger partial charge in [0.2, 0.25) is 0 Å².